The summed E-state index contributed by atoms with van der Waals surface area (Å²) >= 11 is 3.49. The molecule has 0 N–H and O–H groups in total. The Morgan fingerprint density at radius 2 is 2.06 bits per heavy atom. The van der Waals surface area contributed by atoms with E-state index in [1.165, 1.54) is 6.42 Å². The molecule has 0 spiro atoms. The third-order valence-corrected chi connectivity index (χ3v) is 3.74. The Bertz CT molecular complexity index is 250. The van der Waals surface area contributed by atoms with E-state index in [0.717, 1.165) is 18.3 Å². The topological polar surface area (TPSA) is 29.5 Å². The van der Waals surface area contributed by atoms with E-state index >= 15 is 0 Å². The van der Waals surface area contributed by atoms with Crippen LogP contribution in [0.5, 0.6) is 0 Å². The lowest BCUT2D eigenvalue weighted by atomic mass is 9.95. The maximum absolute atomic E-state index is 12.0. The zero-order valence-electron chi connectivity index (χ0n) is 10.6. The quantitative estimate of drug-likeness (QED) is 0.693. The van der Waals surface area contributed by atoms with Gasteiger partial charge in [-0.15, -0.1) is 0 Å². The lowest BCUT2D eigenvalue weighted by Crippen LogP contribution is -2.47. The highest BCUT2D eigenvalue weighted by atomic mass is 79.9. The number of rotatable bonds is 1. The average molecular weight is 292 g/mol. The molecule has 1 heterocycles. The van der Waals surface area contributed by atoms with Crippen molar-refractivity contribution in [3.8, 4) is 0 Å². The molecule has 2 atom stereocenters. The van der Waals surface area contributed by atoms with Gasteiger partial charge in [-0.1, -0.05) is 15.9 Å². The highest BCUT2D eigenvalue weighted by Crippen LogP contribution is 2.24. The highest BCUT2D eigenvalue weighted by molar-refractivity contribution is 9.09. The maximum atomic E-state index is 12.0. The second-order valence-corrected chi connectivity index (χ2v) is 6.23. The minimum absolute atomic E-state index is 0.175. The van der Waals surface area contributed by atoms with Crippen molar-refractivity contribution in [2.75, 3.05) is 11.9 Å². The summed E-state index contributed by atoms with van der Waals surface area (Å²) in [6.45, 7) is 8.61. The first kappa shape index (κ1) is 13.8. The van der Waals surface area contributed by atoms with E-state index in [0.29, 0.717) is 12.0 Å². The molecule has 0 radical (unpaired) electrons. The fourth-order valence-corrected chi connectivity index (χ4v) is 2.41. The molecule has 0 saturated carbocycles. The molecule has 94 valence electrons. The van der Waals surface area contributed by atoms with Crippen LogP contribution in [0.2, 0.25) is 0 Å². The van der Waals surface area contributed by atoms with E-state index in [1.54, 1.807) is 0 Å². The Labute approximate surface area is 107 Å². The molecule has 3 nitrogen and oxygen atoms in total. The number of likely N-dealkylation sites (tertiary alicyclic amines) is 1. The molecule has 16 heavy (non-hydrogen) atoms. The molecular weight excluding hydrogens is 270 g/mol. The van der Waals surface area contributed by atoms with Crippen LogP contribution in [0.1, 0.15) is 40.5 Å². The van der Waals surface area contributed by atoms with Gasteiger partial charge in [-0.25, -0.2) is 4.79 Å². The predicted molar refractivity (Wildman–Crippen MR) is 68.9 cm³/mol. The molecule has 0 unspecified atom stereocenters. The van der Waals surface area contributed by atoms with Crippen molar-refractivity contribution in [1.82, 2.24) is 4.90 Å². The van der Waals surface area contributed by atoms with Crippen LogP contribution in [0.4, 0.5) is 4.79 Å². The number of halogens is 1. The van der Waals surface area contributed by atoms with Crippen LogP contribution in [0, 0.1) is 5.92 Å². The van der Waals surface area contributed by atoms with Crippen molar-refractivity contribution >= 4 is 22.0 Å². The molecule has 0 aromatic heterocycles. The van der Waals surface area contributed by atoms with Gasteiger partial charge < -0.3 is 9.64 Å². The number of nitrogens with zero attached hydrogens (tertiary/aromatic N) is 1. The number of piperidine rings is 1. The van der Waals surface area contributed by atoms with Gasteiger partial charge in [0.2, 0.25) is 0 Å². The van der Waals surface area contributed by atoms with Crippen molar-refractivity contribution in [3.63, 3.8) is 0 Å². The molecule has 0 bridgehead atoms. The van der Waals surface area contributed by atoms with Gasteiger partial charge in [-0.05, 0) is 46.5 Å². The van der Waals surface area contributed by atoms with Crippen LogP contribution in [0.3, 0.4) is 0 Å². The van der Waals surface area contributed by atoms with Crippen molar-refractivity contribution in [1.29, 1.82) is 0 Å². The summed E-state index contributed by atoms with van der Waals surface area (Å²) < 4.78 is 5.41. The van der Waals surface area contributed by atoms with Gasteiger partial charge in [0.1, 0.15) is 5.60 Å². The zero-order chi connectivity index (χ0) is 12.3. The minimum Gasteiger partial charge on any atom is -0.444 e. The van der Waals surface area contributed by atoms with Crippen LogP contribution >= 0.6 is 15.9 Å². The third kappa shape index (κ3) is 3.96. The Balaban J connectivity index is 2.59. The number of alkyl halides is 1. The Morgan fingerprint density at radius 1 is 1.44 bits per heavy atom. The van der Waals surface area contributed by atoms with Crippen molar-refractivity contribution < 1.29 is 9.53 Å². The van der Waals surface area contributed by atoms with E-state index in [4.69, 9.17) is 4.74 Å². The third-order valence-electron chi connectivity index (χ3n) is 2.83. The van der Waals surface area contributed by atoms with E-state index in [9.17, 15) is 4.79 Å². The van der Waals surface area contributed by atoms with Gasteiger partial charge in [-0.2, -0.15) is 0 Å². The number of hydrogen-bond acceptors (Lipinski definition) is 2. The molecule has 0 aromatic rings. The summed E-state index contributed by atoms with van der Waals surface area (Å²) in [5, 5.41) is 0.957. The summed E-state index contributed by atoms with van der Waals surface area (Å²) in [5.74, 6) is 0.559. The van der Waals surface area contributed by atoms with Gasteiger partial charge >= 0.3 is 6.09 Å². The standard InChI is InChI=1S/C12H22BrNO2/c1-9-5-6-10(7-13)8-14(9)11(15)16-12(2,3)4/h9-10H,5-8H2,1-4H3/t9-,10+/m0/s1. The zero-order valence-corrected chi connectivity index (χ0v) is 12.2. The van der Waals surface area contributed by atoms with Crippen molar-refractivity contribution in [2.24, 2.45) is 5.92 Å². The number of ether oxygens (including phenoxy) is 1. The number of carbonyl (C=O) groups is 1. The Hall–Kier alpha value is -0.250. The number of carbonyl (C=O) groups excluding carboxylic acids is 1. The van der Waals surface area contributed by atoms with E-state index < -0.39 is 5.60 Å². The van der Waals surface area contributed by atoms with Crippen LogP contribution < -0.4 is 0 Å². The van der Waals surface area contributed by atoms with Gasteiger partial charge in [0, 0.05) is 17.9 Å². The summed E-state index contributed by atoms with van der Waals surface area (Å²) in [7, 11) is 0. The first-order chi connectivity index (χ1) is 7.33. The van der Waals surface area contributed by atoms with E-state index in [-0.39, 0.29) is 6.09 Å². The molecule has 0 aliphatic carbocycles. The lowest BCUT2D eigenvalue weighted by molar-refractivity contribution is 0.00690. The molecule has 1 saturated heterocycles. The number of amides is 1. The van der Waals surface area contributed by atoms with Crippen LogP contribution in [-0.2, 0) is 4.74 Å². The Morgan fingerprint density at radius 3 is 2.56 bits per heavy atom. The average Bonchev–Trinajstić information content (AvgIpc) is 2.15. The molecule has 0 aromatic carbocycles. The number of hydrogen-bond donors (Lipinski definition) is 0. The highest BCUT2D eigenvalue weighted by Gasteiger charge is 2.31. The van der Waals surface area contributed by atoms with Crippen LogP contribution in [-0.4, -0.2) is 34.5 Å². The van der Waals surface area contributed by atoms with Crippen LogP contribution in [0.15, 0.2) is 0 Å². The second kappa shape index (κ2) is 5.39. The van der Waals surface area contributed by atoms with Gasteiger partial charge in [0.05, 0.1) is 0 Å². The predicted octanol–water partition coefficient (Wildman–Crippen LogP) is 3.42. The minimum atomic E-state index is -0.405. The van der Waals surface area contributed by atoms with Gasteiger partial charge in [0.15, 0.2) is 0 Å². The first-order valence-electron chi connectivity index (χ1n) is 5.89. The summed E-state index contributed by atoms with van der Waals surface area (Å²) in [6, 6.07) is 0.296. The summed E-state index contributed by atoms with van der Waals surface area (Å²) in [5.41, 5.74) is -0.405. The lowest BCUT2D eigenvalue weighted by Gasteiger charge is -2.38. The fraction of sp³-hybridized carbons (Fsp3) is 0.917. The molecule has 1 aliphatic heterocycles. The monoisotopic (exact) mass is 291 g/mol. The van der Waals surface area contributed by atoms with Gasteiger partial charge in [0.25, 0.3) is 0 Å². The molecule has 1 rings (SSSR count). The van der Waals surface area contributed by atoms with Gasteiger partial charge in [-0.3, -0.25) is 0 Å². The fourth-order valence-electron chi connectivity index (χ4n) is 1.88. The molecule has 1 amide bonds. The normalized spacial score (nSPS) is 26.7. The van der Waals surface area contributed by atoms with E-state index in [2.05, 4.69) is 22.9 Å². The summed E-state index contributed by atoms with van der Waals surface area (Å²) in [4.78, 5) is 13.8. The van der Waals surface area contributed by atoms with Crippen molar-refractivity contribution in [3.05, 3.63) is 0 Å². The molecule has 4 heteroatoms. The van der Waals surface area contributed by atoms with E-state index in [1.807, 2.05) is 25.7 Å². The Kier molecular flexibility index (Phi) is 4.65. The molecule has 1 aliphatic rings. The smallest absolute Gasteiger partial charge is 0.410 e. The largest absolute Gasteiger partial charge is 0.444 e. The SMILES string of the molecule is C[C@H]1CC[C@H](CBr)CN1C(=O)OC(C)(C)C. The molecule has 1 fully saturated rings. The van der Waals surface area contributed by atoms with Crippen molar-refractivity contribution in [2.45, 2.75) is 52.2 Å². The summed E-state index contributed by atoms with van der Waals surface area (Å²) in [6.07, 6.45) is 2.08. The first-order valence-corrected chi connectivity index (χ1v) is 7.01. The second-order valence-electron chi connectivity index (χ2n) is 5.58. The maximum Gasteiger partial charge on any atom is 0.410 e. The molecular formula is C12H22BrNO2. The van der Waals surface area contributed by atoms with Crippen LogP contribution in [0.25, 0.3) is 0 Å².